The highest BCUT2D eigenvalue weighted by Gasteiger charge is 2.30. The number of rotatable bonds is 5. The molecular formula is C20H15F3N6O. The molecule has 7 nitrogen and oxygen atoms in total. The van der Waals surface area contributed by atoms with E-state index in [0.717, 1.165) is 12.1 Å². The quantitative estimate of drug-likeness (QED) is 0.685. The second-order valence-corrected chi connectivity index (χ2v) is 6.25. The Morgan fingerprint density at radius 3 is 2.33 bits per heavy atom. The average molecular weight is 412 g/mol. The van der Waals surface area contributed by atoms with Crippen molar-refractivity contribution < 1.29 is 17.9 Å². The summed E-state index contributed by atoms with van der Waals surface area (Å²) in [6, 6.07) is 8.07. The van der Waals surface area contributed by atoms with Crippen LogP contribution in [0.15, 0.2) is 36.7 Å². The Balaban J connectivity index is 2.19. The van der Waals surface area contributed by atoms with Crippen LogP contribution in [0.5, 0.6) is 0 Å². The van der Waals surface area contributed by atoms with Crippen LogP contribution in [-0.4, -0.2) is 28.5 Å². The zero-order valence-electron chi connectivity index (χ0n) is 15.7. The Labute approximate surface area is 169 Å². The normalized spacial score (nSPS) is 11.1. The van der Waals surface area contributed by atoms with Crippen molar-refractivity contribution in [2.45, 2.75) is 12.7 Å². The zero-order valence-corrected chi connectivity index (χ0v) is 15.7. The van der Waals surface area contributed by atoms with E-state index in [1.165, 1.54) is 18.3 Å². The number of anilines is 1. The molecule has 152 valence electrons. The fourth-order valence-electron chi connectivity index (χ4n) is 2.94. The van der Waals surface area contributed by atoms with Crippen LogP contribution in [0.2, 0.25) is 0 Å². The molecule has 0 fully saturated rings. The van der Waals surface area contributed by atoms with Crippen molar-refractivity contribution in [2.75, 3.05) is 19.5 Å². The largest absolute Gasteiger partial charge is 0.416 e. The third-order valence-corrected chi connectivity index (χ3v) is 4.38. The van der Waals surface area contributed by atoms with Gasteiger partial charge in [-0.15, -0.1) is 0 Å². The molecule has 0 atom stereocenters. The number of halogens is 3. The van der Waals surface area contributed by atoms with Crippen molar-refractivity contribution in [3.63, 3.8) is 0 Å². The highest BCUT2D eigenvalue weighted by molar-refractivity contribution is 5.86. The summed E-state index contributed by atoms with van der Waals surface area (Å²) in [5.74, 6) is -0.133. The van der Waals surface area contributed by atoms with Gasteiger partial charge in [0.15, 0.2) is 0 Å². The van der Waals surface area contributed by atoms with Gasteiger partial charge in [-0.3, -0.25) is 4.68 Å². The monoisotopic (exact) mass is 412 g/mol. The maximum Gasteiger partial charge on any atom is 0.416 e. The maximum absolute atomic E-state index is 12.9. The van der Waals surface area contributed by atoms with Crippen molar-refractivity contribution >= 4 is 5.82 Å². The topological polar surface area (TPSA) is 114 Å². The van der Waals surface area contributed by atoms with E-state index in [4.69, 9.17) is 10.5 Å². The van der Waals surface area contributed by atoms with E-state index in [1.807, 2.05) is 12.1 Å². The number of aromatic nitrogens is 3. The number of nitrogens with zero attached hydrogens (tertiary/aromatic N) is 5. The third-order valence-electron chi connectivity index (χ3n) is 4.38. The number of methoxy groups -OCH3 is 1. The number of nitrogens with two attached hydrogens (primary N) is 1. The summed E-state index contributed by atoms with van der Waals surface area (Å²) >= 11 is 0. The number of nitrogen functional groups attached to an aromatic ring is 1. The molecule has 1 aromatic carbocycles. The highest BCUT2D eigenvalue weighted by Crippen LogP contribution is 2.37. The predicted molar refractivity (Wildman–Crippen MR) is 102 cm³/mol. The lowest BCUT2D eigenvalue weighted by atomic mass is 9.92. The second-order valence-electron chi connectivity index (χ2n) is 6.25. The van der Waals surface area contributed by atoms with E-state index < -0.39 is 11.7 Å². The van der Waals surface area contributed by atoms with Gasteiger partial charge >= 0.3 is 6.18 Å². The Kier molecular flexibility index (Phi) is 5.72. The average Bonchev–Trinajstić information content (AvgIpc) is 3.19. The van der Waals surface area contributed by atoms with Crippen LogP contribution in [0.4, 0.5) is 19.0 Å². The number of nitriles is 2. The molecule has 0 aliphatic rings. The Morgan fingerprint density at radius 1 is 1.10 bits per heavy atom. The molecule has 0 saturated carbocycles. The zero-order chi connectivity index (χ0) is 21.9. The van der Waals surface area contributed by atoms with E-state index in [-0.39, 0.29) is 33.8 Å². The molecule has 2 heterocycles. The molecule has 0 amide bonds. The standard InChI is InChI=1S/C20H15F3N6O/c1-30-7-6-29-11-13(10-27-29)18-15(8-24)17(16(9-25)19(26)28-18)12-2-4-14(5-3-12)20(21,22)23/h2-5,10-11H,6-7H2,1H3,(H2,26,28). The van der Waals surface area contributed by atoms with Gasteiger partial charge in [-0.05, 0) is 17.7 Å². The summed E-state index contributed by atoms with van der Waals surface area (Å²) in [6.45, 7) is 0.891. The van der Waals surface area contributed by atoms with Gasteiger partial charge in [0.25, 0.3) is 0 Å². The van der Waals surface area contributed by atoms with E-state index in [2.05, 4.69) is 10.1 Å². The molecule has 2 aromatic heterocycles. The molecule has 0 spiro atoms. The molecule has 3 aromatic rings. The number of pyridine rings is 1. The molecule has 0 unspecified atom stereocenters. The van der Waals surface area contributed by atoms with E-state index in [0.29, 0.717) is 18.7 Å². The van der Waals surface area contributed by atoms with E-state index >= 15 is 0 Å². The van der Waals surface area contributed by atoms with Crippen LogP contribution < -0.4 is 5.73 Å². The minimum absolute atomic E-state index is 0.0202. The van der Waals surface area contributed by atoms with Crippen LogP contribution in [-0.2, 0) is 17.5 Å². The summed E-state index contributed by atoms with van der Waals surface area (Å²) in [7, 11) is 1.55. The number of ether oxygens (including phenoxy) is 1. The van der Waals surface area contributed by atoms with Gasteiger partial charge in [0, 0.05) is 24.4 Å². The van der Waals surface area contributed by atoms with Crippen molar-refractivity contribution in [1.29, 1.82) is 10.5 Å². The Hall–Kier alpha value is -3.89. The molecule has 10 heteroatoms. The van der Waals surface area contributed by atoms with Crippen molar-refractivity contribution in [2.24, 2.45) is 0 Å². The van der Waals surface area contributed by atoms with Crippen LogP contribution in [0, 0.1) is 22.7 Å². The first kappa shape index (κ1) is 20.8. The number of hydrogen-bond acceptors (Lipinski definition) is 6. The minimum Gasteiger partial charge on any atom is -0.383 e. The lowest BCUT2D eigenvalue weighted by Crippen LogP contribution is -2.06. The SMILES string of the molecule is COCCn1cc(-c2nc(N)c(C#N)c(-c3ccc(C(F)(F)F)cc3)c2C#N)cn1. The van der Waals surface area contributed by atoms with Crippen LogP contribution in [0.3, 0.4) is 0 Å². The summed E-state index contributed by atoms with van der Waals surface area (Å²) in [4.78, 5) is 4.19. The Morgan fingerprint density at radius 2 is 1.77 bits per heavy atom. The van der Waals surface area contributed by atoms with Gasteiger partial charge in [-0.25, -0.2) is 4.98 Å². The fraction of sp³-hybridized carbons (Fsp3) is 0.200. The van der Waals surface area contributed by atoms with Crippen LogP contribution in [0.25, 0.3) is 22.4 Å². The summed E-state index contributed by atoms with van der Waals surface area (Å²) < 4.78 is 45.3. The van der Waals surface area contributed by atoms with Gasteiger partial charge in [0.05, 0.1) is 36.2 Å². The Bertz CT molecular complexity index is 1150. The lowest BCUT2D eigenvalue weighted by Gasteiger charge is -2.13. The second kappa shape index (κ2) is 8.23. The number of hydrogen-bond donors (Lipinski definition) is 1. The van der Waals surface area contributed by atoms with Crippen molar-refractivity contribution in [3.8, 4) is 34.5 Å². The van der Waals surface area contributed by atoms with Gasteiger partial charge in [-0.2, -0.15) is 28.8 Å². The van der Waals surface area contributed by atoms with Crippen molar-refractivity contribution in [1.82, 2.24) is 14.8 Å². The molecule has 0 saturated heterocycles. The van der Waals surface area contributed by atoms with E-state index in [9.17, 15) is 23.7 Å². The van der Waals surface area contributed by atoms with E-state index in [1.54, 1.807) is 18.0 Å². The third kappa shape index (κ3) is 3.95. The molecule has 0 aliphatic carbocycles. The van der Waals surface area contributed by atoms with Crippen molar-refractivity contribution in [3.05, 3.63) is 53.3 Å². The van der Waals surface area contributed by atoms with Crippen LogP contribution in [0.1, 0.15) is 16.7 Å². The van der Waals surface area contributed by atoms with Gasteiger partial charge in [-0.1, -0.05) is 12.1 Å². The number of alkyl halides is 3. The summed E-state index contributed by atoms with van der Waals surface area (Å²) in [6.07, 6.45) is -1.38. The first-order valence-corrected chi connectivity index (χ1v) is 8.63. The fourth-order valence-corrected chi connectivity index (χ4v) is 2.94. The summed E-state index contributed by atoms with van der Waals surface area (Å²) in [5.41, 5.74) is 6.08. The summed E-state index contributed by atoms with van der Waals surface area (Å²) in [5, 5.41) is 23.5. The molecule has 2 N–H and O–H groups in total. The molecule has 3 rings (SSSR count). The smallest absolute Gasteiger partial charge is 0.383 e. The van der Waals surface area contributed by atoms with Gasteiger partial charge in [0.1, 0.15) is 23.5 Å². The first-order valence-electron chi connectivity index (χ1n) is 8.63. The first-order chi connectivity index (χ1) is 14.3. The van der Waals surface area contributed by atoms with Gasteiger partial charge in [0.2, 0.25) is 0 Å². The highest BCUT2D eigenvalue weighted by atomic mass is 19.4. The maximum atomic E-state index is 12.9. The molecule has 0 radical (unpaired) electrons. The molecule has 0 bridgehead atoms. The predicted octanol–water partition coefficient (Wildman–Crippen LogP) is 3.60. The van der Waals surface area contributed by atoms with Crippen LogP contribution >= 0.6 is 0 Å². The van der Waals surface area contributed by atoms with Gasteiger partial charge < -0.3 is 10.5 Å². The molecule has 30 heavy (non-hydrogen) atoms. The molecule has 0 aliphatic heterocycles. The number of benzene rings is 1. The minimum atomic E-state index is -4.51. The lowest BCUT2D eigenvalue weighted by molar-refractivity contribution is -0.137. The molecular weight excluding hydrogens is 397 g/mol.